The van der Waals surface area contributed by atoms with Crippen LogP contribution in [0.25, 0.3) is 22.3 Å². The fourth-order valence-electron chi connectivity index (χ4n) is 3.42. The van der Waals surface area contributed by atoms with Gasteiger partial charge in [-0.3, -0.25) is 4.79 Å². The van der Waals surface area contributed by atoms with E-state index in [9.17, 15) is 4.79 Å². The highest BCUT2D eigenvalue weighted by molar-refractivity contribution is 6.34. The van der Waals surface area contributed by atoms with E-state index in [1.165, 1.54) is 5.56 Å². The second-order valence-electron chi connectivity index (χ2n) is 6.35. The molecule has 4 heteroatoms. The van der Waals surface area contributed by atoms with Crippen LogP contribution in [-0.2, 0) is 17.6 Å². The number of carbonyl (C=O) groups is 1. The van der Waals surface area contributed by atoms with Gasteiger partial charge < -0.3 is 9.84 Å². The van der Waals surface area contributed by atoms with Gasteiger partial charge in [0, 0.05) is 17.0 Å². The quantitative estimate of drug-likeness (QED) is 0.689. The molecule has 0 fully saturated rings. The first-order valence-electron chi connectivity index (χ1n) is 8.47. The SMILES string of the molecule is O=C(O)Cc1cccc(-c2cccc(Cl)c2-c2ccc3c(c2)CCO3)c1. The van der Waals surface area contributed by atoms with Gasteiger partial charge in [0.2, 0.25) is 0 Å². The van der Waals surface area contributed by atoms with Crippen molar-refractivity contribution < 1.29 is 14.6 Å². The second-order valence-corrected chi connectivity index (χ2v) is 6.76. The van der Waals surface area contributed by atoms with Crippen LogP contribution in [0.15, 0.2) is 60.7 Å². The van der Waals surface area contributed by atoms with Crippen LogP contribution in [0.1, 0.15) is 11.1 Å². The summed E-state index contributed by atoms with van der Waals surface area (Å²) in [5, 5.41) is 9.73. The Labute approximate surface area is 156 Å². The van der Waals surface area contributed by atoms with Gasteiger partial charge in [0.1, 0.15) is 5.75 Å². The Morgan fingerprint density at radius 2 is 1.88 bits per heavy atom. The highest BCUT2D eigenvalue weighted by Gasteiger charge is 2.17. The lowest BCUT2D eigenvalue weighted by molar-refractivity contribution is -0.136. The molecule has 26 heavy (non-hydrogen) atoms. The first kappa shape index (κ1) is 16.7. The summed E-state index contributed by atoms with van der Waals surface area (Å²) >= 11 is 6.56. The number of carboxylic acid groups (broad SMARTS) is 1. The molecular weight excluding hydrogens is 348 g/mol. The highest BCUT2D eigenvalue weighted by Crippen LogP contribution is 2.40. The molecule has 0 saturated carbocycles. The van der Waals surface area contributed by atoms with Gasteiger partial charge in [-0.15, -0.1) is 0 Å². The fourth-order valence-corrected chi connectivity index (χ4v) is 3.71. The van der Waals surface area contributed by atoms with Gasteiger partial charge in [-0.2, -0.15) is 0 Å². The minimum Gasteiger partial charge on any atom is -0.493 e. The summed E-state index contributed by atoms with van der Waals surface area (Å²) in [5.74, 6) is 0.0953. The largest absolute Gasteiger partial charge is 0.493 e. The lowest BCUT2D eigenvalue weighted by Crippen LogP contribution is -2.00. The van der Waals surface area contributed by atoms with E-state index >= 15 is 0 Å². The minimum atomic E-state index is -0.841. The summed E-state index contributed by atoms with van der Waals surface area (Å²) in [5.41, 5.74) is 5.90. The van der Waals surface area contributed by atoms with Crippen LogP contribution in [0.4, 0.5) is 0 Å². The maximum atomic E-state index is 11.0. The topological polar surface area (TPSA) is 46.5 Å². The first-order chi connectivity index (χ1) is 12.6. The third kappa shape index (κ3) is 3.18. The van der Waals surface area contributed by atoms with Crippen LogP contribution in [0, 0.1) is 0 Å². The summed E-state index contributed by atoms with van der Waals surface area (Å²) in [6.07, 6.45) is 0.900. The van der Waals surface area contributed by atoms with Gasteiger partial charge in [0.05, 0.1) is 13.0 Å². The molecule has 1 N–H and O–H groups in total. The van der Waals surface area contributed by atoms with Crippen molar-refractivity contribution in [2.45, 2.75) is 12.8 Å². The highest BCUT2D eigenvalue weighted by atomic mass is 35.5. The zero-order chi connectivity index (χ0) is 18.1. The molecule has 130 valence electrons. The third-order valence-corrected chi connectivity index (χ3v) is 4.90. The Morgan fingerprint density at radius 1 is 1.04 bits per heavy atom. The lowest BCUT2D eigenvalue weighted by atomic mass is 9.92. The van der Waals surface area contributed by atoms with E-state index in [4.69, 9.17) is 21.4 Å². The first-order valence-corrected chi connectivity index (χ1v) is 8.85. The molecule has 0 saturated heterocycles. The van der Waals surface area contributed by atoms with Gasteiger partial charge in [-0.25, -0.2) is 0 Å². The molecule has 0 aliphatic carbocycles. The van der Waals surface area contributed by atoms with Crippen molar-refractivity contribution in [3.05, 3.63) is 76.8 Å². The average Bonchev–Trinajstić information content (AvgIpc) is 3.09. The molecule has 3 aromatic carbocycles. The smallest absolute Gasteiger partial charge is 0.307 e. The van der Waals surface area contributed by atoms with Crippen LogP contribution in [0.2, 0.25) is 5.02 Å². The molecule has 0 spiro atoms. The number of rotatable bonds is 4. The number of halogens is 1. The summed E-state index contributed by atoms with van der Waals surface area (Å²) in [7, 11) is 0. The Bertz CT molecular complexity index is 994. The molecule has 0 aromatic heterocycles. The van der Waals surface area contributed by atoms with Crippen molar-refractivity contribution in [1.29, 1.82) is 0 Å². The molecule has 0 unspecified atom stereocenters. The van der Waals surface area contributed by atoms with Crippen molar-refractivity contribution >= 4 is 17.6 Å². The van der Waals surface area contributed by atoms with Crippen molar-refractivity contribution in [1.82, 2.24) is 0 Å². The van der Waals surface area contributed by atoms with Crippen LogP contribution in [0.3, 0.4) is 0 Å². The molecule has 0 atom stereocenters. The molecule has 3 aromatic rings. The number of hydrogen-bond donors (Lipinski definition) is 1. The van der Waals surface area contributed by atoms with E-state index in [1.807, 2.05) is 54.6 Å². The van der Waals surface area contributed by atoms with Crippen molar-refractivity contribution in [2.75, 3.05) is 6.61 Å². The number of fused-ring (bicyclic) bond motifs is 1. The number of hydrogen-bond acceptors (Lipinski definition) is 2. The van der Waals surface area contributed by atoms with E-state index in [1.54, 1.807) is 0 Å². The Balaban J connectivity index is 1.84. The monoisotopic (exact) mass is 364 g/mol. The molecular formula is C22H17ClO3. The predicted octanol–water partition coefficient (Wildman–Crippen LogP) is 5.24. The zero-order valence-electron chi connectivity index (χ0n) is 14.0. The Morgan fingerprint density at radius 3 is 2.73 bits per heavy atom. The van der Waals surface area contributed by atoms with Crippen molar-refractivity contribution in [3.63, 3.8) is 0 Å². The molecule has 3 nitrogen and oxygen atoms in total. The molecule has 1 aliphatic heterocycles. The van der Waals surface area contributed by atoms with Crippen LogP contribution in [-0.4, -0.2) is 17.7 Å². The van der Waals surface area contributed by atoms with Gasteiger partial charge in [-0.1, -0.05) is 54.1 Å². The van der Waals surface area contributed by atoms with Crippen molar-refractivity contribution in [2.24, 2.45) is 0 Å². The summed E-state index contributed by atoms with van der Waals surface area (Å²) in [4.78, 5) is 11.0. The van der Waals surface area contributed by atoms with Crippen LogP contribution in [0.5, 0.6) is 5.75 Å². The van der Waals surface area contributed by atoms with Gasteiger partial charge in [0.15, 0.2) is 0 Å². The van der Waals surface area contributed by atoms with Crippen LogP contribution >= 0.6 is 11.6 Å². The fraction of sp³-hybridized carbons (Fsp3) is 0.136. The minimum absolute atomic E-state index is 0.0000764. The molecule has 1 heterocycles. The van der Waals surface area contributed by atoms with E-state index in [0.29, 0.717) is 11.6 Å². The summed E-state index contributed by atoms with van der Waals surface area (Å²) in [6, 6.07) is 19.6. The molecule has 1 aliphatic rings. The third-order valence-electron chi connectivity index (χ3n) is 4.59. The molecule has 4 rings (SSSR count). The van der Waals surface area contributed by atoms with Gasteiger partial charge in [-0.05, 0) is 46.0 Å². The molecule has 0 bridgehead atoms. The zero-order valence-corrected chi connectivity index (χ0v) is 14.8. The average molecular weight is 365 g/mol. The van der Waals surface area contributed by atoms with Gasteiger partial charge >= 0.3 is 5.97 Å². The van der Waals surface area contributed by atoms with Gasteiger partial charge in [0.25, 0.3) is 0 Å². The van der Waals surface area contributed by atoms with Crippen LogP contribution < -0.4 is 4.74 Å². The van der Waals surface area contributed by atoms with E-state index in [0.717, 1.165) is 40.0 Å². The molecule has 0 amide bonds. The maximum absolute atomic E-state index is 11.0. The van der Waals surface area contributed by atoms with E-state index in [2.05, 4.69) is 6.07 Å². The van der Waals surface area contributed by atoms with E-state index in [-0.39, 0.29) is 6.42 Å². The maximum Gasteiger partial charge on any atom is 0.307 e. The predicted molar refractivity (Wildman–Crippen MR) is 103 cm³/mol. The summed E-state index contributed by atoms with van der Waals surface area (Å²) < 4.78 is 5.60. The standard InChI is InChI=1S/C22H17ClO3/c23-19-6-2-5-18(15-4-1-3-14(11-15)12-21(24)25)22(19)17-7-8-20-16(13-17)9-10-26-20/h1-8,11,13H,9-10,12H2,(H,24,25). The normalized spacial score (nSPS) is 12.5. The number of ether oxygens (including phenoxy) is 1. The molecule has 0 radical (unpaired) electrons. The number of aliphatic carboxylic acids is 1. The van der Waals surface area contributed by atoms with E-state index < -0.39 is 5.97 Å². The Hall–Kier alpha value is -2.78. The second kappa shape index (κ2) is 6.85. The van der Waals surface area contributed by atoms with Crippen molar-refractivity contribution in [3.8, 4) is 28.0 Å². The Kier molecular flexibility index (Phi) is 4.39. The number of benzene rings is 3. The number of carboxylic acids is 1. The summed E-state index contributed by atoms with van der Waals surface area (Å²) in [6.45, 7) is 0.714. The lowest BCUT2D eigenvalue weighted by Gasteiger charge is -2.14.